The Bertz CT molecular complexity index is 1010. The molecule has 0 saturated carbocycles. The fourth-order valence-electron chi connectivity index (χ4n) is 2.94. The number of benzene rings is 2. The van der Waals surface area contributed by atoms with Crippen molar-refractivity contribution in [3.63, 3.8) is 0 Å². The van der Waals surface area contributed by atoms with Gasteiger partial charge in [0.1, 0.15) is 6.04 Å². The number of ether oxygens (including phenoxy) is 1. The van der Waals surface area contributed by atoms with E-state index >= 15 is 0 Å². The monoisotopic (exact) mass is 467 g/mol. The van der Waals surface area contributed by atoms with Crippen molar-refractivity contribution in [2.45, 2.75) is 19.4 Å². The largest absolute Gasteiger partial charge is 0.385 e. The normalized spacial score (nSPS) is 12.1. The van der Waals surface area contributed by atoms with Crippen LogP contribution in [0.5, 0.6) is 0 Å². The van der Waals surface area contributed by atoms with Crippen molar-refractivity contribution >= 4 is 44.8 Å². The summed E-state index contributed by atoms with van der Waals surface area (Å²) in [6.07, 6.45) is 1.67. The molecule has 168 valence electrons. The van der Waals surface area contributed by atoms with E-state index in [1.807, 2.05) is 0 Å². The summed E-state index contributed by atoms with van der Waals surface area (Å²) >= 11 is 5.89. The van der Waals surface area contributed by atoms with E-state index in [4.69, 9.17) is 16.3 Å². The summed E-state index contributed by atoms with van der Waals surface area (Å²) in [5.74, 6) is -0.933. The number of amides is 2. The van der Waals surface area contributed by atoms with Gasteiger partial charge in [0.15, 0.2) is 0 Å². The lowest BCUT2D eigenvalue weighted by Crippen LogP contribution is -2.45. The van der Waals surface area contributed by atoms with Crippen molar-refractivity contribution in [3.05, 3.63) is 59.1 Å². The molecular weight excluding hydrogens is 442 g/mol. The van der Waals surface area contributed by atoms with Crippen molar-refractivity contribution < 1.29 is 22.7 Å². The van der Waals surface area contributed by atoms with Crippen LogP contribution in [0.3, 0.4) is 0 Å². The number of para-hydroxylation sites is 1. The van der Waals surface area contributed by atoms with Crippen molar-refractivity contribution in [2.75, 3.05) is 36.1 Å². The number of hydrogen-bond donors (Lipinski definition) is 2. The zero-order chi connectivity index (χ0) is 23.0. The minimum Gasteiger partial charge on any atom is -0.385 e. The van der Waals surface area contributed by atoms with E-state index in [-0.39, 0.29) is 17.2 Å². The minimum atomic E-state index is -3.77. The summed E-state index contributed by atoms with van der Waals surface area (Å²) in [5, 5.41) is 5.88. The van der Waals surface area contributed by atoms with Crippen LogP contribution in [0.25, 0.3) is 0 Å². The maximum atomic E-state index is 12.9. The molecule has 10 heteroatoms. The van der Waals surface area contributed by atoms with Gasteiger partial charge in [-0.3, -0.25) is 13.9 Å². The SMILES string of the molecule is COCCCNC(=O)c1ccccc1NC(=O)[C@H](C)N(c1ccc(Cl)cc1)S(C)(=O)=O. The van der Waals surface area contributed by atoms with Crippen LogP contribution in [0.2, 0.25) is 5.02 Å². The van der Waals surface area contributed by atoms with Gasteiger partial charge in [-0.05, 0) is 49.7 Å². The highest BCUT2D eigenvalue weighted by Crippen LogP contribution is 2.24. The molecule has 2 aromatic rings. The first kappa shape index (κ1) is 24.6. The molecule has 1 atom stereocenters. The van der Waals surface area contributed by atoms with Crippen LogP contribution >= 0.6 is 11.6 Å². The Morgan fingerprint density at radius 2 is 1.77 bits per heavy atom. The van der Waals surface area contributed by atoms with Crippen LogP contribution in [0.4, 0.5) is 11.4 Å². The lowest BCUT2D eigenvalue weighted by atomic mass is 10.1. The maximum Gasteiger partial charge on any atom is 0.253 e. The summed E-state index contributed by atoms with van der Waals surface area (Å²) in [7, 11) is -2.19. The summed E-state index contributed by atoms with van der Waals surface area (Å²) in [4.78, 5) is 25.4. The molecule has 8 nitrogen and oxygen atoms in total. The number of methoxy groups -OCH3 is 1. The molecule has 0 radical (unpaired) electrons. The number of hydrogen-bond acceptors (Lipinski definition) is 5. The third-order valence-electron chi connectivity index (χ3n) is 4.41. The highest BCUT2D eigenvalue weighted by molar-refractivity contribution is 7.92. The molecule has 31 heavy (non-hydrogen) atoms. The number of rotatable bonds is 10. The molecule has 0 heterocycles. The van der Waals surface area contributed by atoms with Crippen LogP contribution in [-0.4, -0.2) is 52.8 Å². The molecule has 0 unspecified atom stereocenters. The third kappa shape index (κ3) is 6.95. The van der Waals surface area contributed by atoms with E-state index in [9.17, 15) is 18.0 Å². The molecule has 0 bridgehead atoms. The van der Waals surface area contributed by atoms with Gasteiger partial charge in [0.05, 0.1) is 23.2 Å². The lowest BCUT2D eigenvalue weighted by Gasteiger charge is -2.28. The van der Waals surface area contributed by atoms with E-state index in [1.54, 1.807) is 43.5 Å². The van der Waals surface area contributed by atoms with Crippen molar-refractivity contribution in [3.8, 4) is 0 Å². The lowest BCUT2D eigenvalue weighted by molar-refractivity contribution is -0.116. The van der Waals surface area contributed by atoms with Crippen molar-refractivity contribution in [2.24, 2.45) is 0 Å². The van der Waals surface area contributed by atoms with Gasteiger partial charge in [0.25, 0.3) is 5.91 Å². The number of nitrogens with one attached hydrogen (secondary N) is 2. The Morgan fingerprint density at radius 3 is 2.39 bits per heavy atom. The highest BCUT2D eigenvalue weighted by atomic mass is 35.5. The molecule has 2 aromatic carbocycles. The third-order valence-corrected chi connectivity index (χ3v) is 5.90. The van der Waals surface area contributed by atoms with Gasteiger partial charge in [-0.2, -0.15) is 0 Å². The second-order valence-corrected chi connectivity index (χ2v) is 9.14. The van der Waals surface area contributed by atoms with Gasteiger partial charge in [-0.15, -0.1) is 0 Å². The maximum absolute atomic E-state index is 12.9. The number of anilines is 2. The quantitative estimate of drug-likeness (QED) is 0.523. The molecule has 0 aliphatic heterocycles. The Hall–Kier alpha value is -2.62. The predicted octanol–water partition coefficient (Wildman–Crippen LogP) is 2.90. The predicted molar refractivity (Wildman–Crippen MR) is 122 cm³/mol. The van der Waals surface area contributed by atoms with Crippen LogP contribution in [0.15, 0.2) is 48.5 Å². The van der Waals surface area contributed by atoms with Crippen LogP contribution in [-0.2, 0) is 19.6 Å². The molecule has 0 spiro atoms. The Labute approximate surface area is 187 Å². The topological polar surface area (TPSA) is 105 Å². The van der Waals surface area contributed by atoms with Crippen LogP contribution < -0.4 is 14.9 Å². The second kappa shape index (κ2) is 11.1. The average Bonchev–Trinajstić information content (AvgIpc) is 2.72. The van der Waals surface area contributed by atoms with E-state index in [2.05, 4.69) is 10.6 Å². The molecule has 0 fully saturated rings. The Balaban J connectivity index is 2.21. The van der Waals surface area contributed by atoms with Crippen LogP contribution in [0, 0.1) is 0 Å². The summed E-state index contributed by atoms with van der Waals surface area (Å²) in [6.45, 7) is 2.41. The molecule has 0 aliphatic rings. The molecule has 0 aliphatic carbocycles. The van der Waals surface area contributed by atoms with Gasteiger partial charge in [-0.25, -0.2) is 8.42 Å². The zero-order valence-electron chi connectivity index (χ0n) is 17.6. The van der Waals surface area contributed by atoms with E-state index in [1.165, 1.54) is 19.1 Å². The second-order valence-electron chi connectivity index (χ2n) is 6.85. The average molecular weight is 468 g/mol. The number of carbonyl (C=O) groups is 2. The highest BCUT2D eigenvalue weighted by Gasteiger charge is 2.29. The first-order valence-electron chi connectivity index (χ1n) is 9.57. The zero-order valence-corrected chi connectivity index (χ0v) is 19.2. The van der Waals surface area contributed by atoms with E-state index in [0.717, 1.165) is 10.6 Å². The smallest absolute Gasteiger partial charge is 0.253 e. The fourth-order valence-corrected chi connectivity index (χ4v) is 4.24. The van der Waals surface area contributed by atoms with Crippen molar-refractivity contribution in [1.82, 2.24) is 5.32 Å². The van der Waals surface area contributed by atoms with Gasteiger partial charge in [0.2, 0.25) is 15.9 Å². The molecule has 2 amide bonds. The fraction of sp³-hybridized carbons (Fsp3) is 0.333. The first-order valence-corrected chi connectivity index (χ1v) is 11.8. The van der Waals surface area contributed by atoms with Crippen LogP contribution in [0.1, 0.15) is 23.7 Å². The van der Waals surface area contributed by atoms with Crippen molar-refractivity contribution in [1.29, 1.82) is 0 Å². The van der Waals surface area contributed by atoms with Gasteiger partial charge < -0.3 is 15.4 Å². The summed E-state index contributed by atoms with van der Waals surface area (Å²) in [6, 6.07) is 11.6. The molecule has 2 rings (SSSR count). The molecular formula is C21H26ClN3O5S. The minimum absolute atomic E-state index is 0.276. The van der Waals surface area contributed by atoms with E-state index in [0.29, 0.717) is 30.3 Å². The first-order chi connectivity index (χ1) is 14.6. The molecule has 0 saturated heterocycles. The molecule has 2 N–H and O–H groups in total. The van der Waals surface area contributed by atoms with Gasteiger partial charge >= 0.3 is 0 Å². The number of halogens is 1. The summed E-state index contributed by atoms with van der Waals surface area (Å²) < 4.78 is 30.8. The Morgan fingerprint density at radius 1 is 1.13 bits per heavy atom. The van der Waals surface area contributed by atoms with E-state index < -0.39 is 22.0 Å². The standard InChI is InChI=1S/C21H26ClN3O5S/c1-15(25(31(3,28)29)17-11-9-16(22)10-12-17)20(26)24-19-8-5-4-7-18(19)21(27)23-13-6-14-30-2/h4-5,7-12,15H,6,13-14H2,1-3H3,(H,23,27)(H,24,26)/t15-/m0/s1. The number of carbonyl (C=O) groups excluding carboxylic acids is 2. The Kier molecular flexibility index (Phi) is 8.85. The number of sulfonamides is 1. The van der Waals surface area contributed by atoms with Gasteiger partial charge in [-0.1, -0.05) is 23.7 Å². The molecule has 0 aromatic heterocycles. The summed E-state index contributed by atoms with van der Waals surface area (Å²) in [5.41, 5.74) is 0.865. The van der Waals surface area contributed by atoms with Gasteiger partial charge in [0, 0.05) is 25.3 Å². The number of nitrogens with zero attached hydrogens (tertiary/aromatic N) is 1.